The van der Waals surface area contributed by atoms with Crippen molar-refractivity contribution in [2.24, 2.45) is 5.73 Å². The zero-order valence-electron chi connectivity index (χ0n) is 12.3. The molecule has 6 heteroatoms. The van der Waals surface area contributed by atoms with Gasteiger partial charge < -0.3 is 11.1 Å². The van der Waals surface area contributed by atoms with Gasteiger partial charge in [0.2, 0.25) is 0 Å². The van der Waals surface area contributed by atoms with Gasteiger partial charge in [-0.3, -0.25) is 15.3 Å². The number of pyridine rings is 1. The summed E-state index contributed by atoms with van der Waals surface area (Å²) in [4.78, 5) is 17.2. The van der Waals surface area contributed by atoms with E-state index in [-0.39, 0.29) is 17.5 Å². The first-order valence-corrected chi connectivity index (χ1v) is 6.62. The number of guanidine groups is 1. The minimum Gasteiger partial charge on any atom is -0.370 e. The van der Waals surface area contributed by atoms with Gasteiger partial charge in [0.05, 0.1) is 0 Å². The molecule has 0 saturated heterocycles. The van der Waals surface area contributed by atoms with E-state index in [1.54, 1.807) is 12.4 Å². The highest BCUT2D eigenvalue weighted by molar-refractivity contribution is 5.94. The van der Waals surface area contributed by atoms with Gasteiger partial charge in [-0.1, -0.05) is 0 Å². The first-order valence-electron chi connectivity index (χ1n) is 6.62. The molecule has 0 saturated carbocycles. The molecule has 0 aromatic carbocycles. The molecular formula is C14H23N5O. The van der Waals surface area contributed by atoms with Crippen LogP contribution in [0.3, 0.4) is 0 Å². The van der Waals surface area contributed by atoms with E-state index in [4.69, 9.17) is 11.1 Å². The zero-order chi connectivity index (χ0) is 15.2. The van der Waals surface area contributed by atoms with Crippen LogP contribution in [0.15, 0.2) is 24.5 Å². The van der Waals surface area contributed by atoms with E-state index in [1.807, 2.05) is 32.9 Å². The third-order valence-electron chi connectivity index (χ3n) is 2.61. The normalized spacial score (nSPS) is 10.9. The van der Waals surface area contributed by atoms with E-state index in [0.717, 1.165) is 18.4 Å². The predicted molar refractivity (Wildman–Crippen MR) is 79.5 cm³/mol. The molecule has 0 spiro atoms. The van der Waals surface area contributed by atoms with Crippen LogP contribution in [-0.4, -0.2) is 34.0 Å². The van der Waals surface area contributed by atoms with E-state index >= 15 is 0 Å². The average molecular weight is 277 g/mol. The van der Waals surface area contributed by atoms with E-state index in [1.165, 1.54) is 4.90 Å². The molecular weight excluding hydrogens is 254 g/mol. The van der Waals surface area contributed by atoms with Crippen LogP contribution in [0.4, 0.5) is 4.79 Å². The number of hydrogen-bond acceptors (Lipinski definition) is 3. The summed E-state index contributed by atoms with van der Waals surface area (Å²) in [6.45, 7) is 6.08. The van der Waals surface area contributed by atoms with Gasteiger partial charge in [0.1, 0.15) is 0 Å². The molecule has 0 aliphatic rings. The second-order valence-corrected chi connectivity index (χ2v) is 5.68. The number of hydrogen-bond donors (Lipinski definition) is 3. The highest BCUT2D eigenvalue weighted by Crippen LogP contribution is 2.05. The van der Waals surface area contributed by atoms with Gasteiger partial charge in [0, 0.05) is 24.5 Å². The van der Waals surface area contributed by atoms with Gasteiger partial charge in [0.25, 0.3) is 0 Å². The monoisotopic (exact) mass is 277 g/mol. The molecule has 1 rings (SSSR count). The number of aromatic nitrogens is 1. The molecule has 4 N–H and O–H groups in total. The maximum absolute atomic E-state index is 12.0. The number of nitrogens with one attached hydrogen (secondary N) is 2. The van der Waals surface area contributed by atoms with Crippen LogP contribution in [0, 0.1) is 5.41 Å². The molecule has 1 heterocycles. The molecule has 0 aliphatic carbocycles. The standard InChI is InChI=1S/C14H23N5O/c1-14(2,3)18-13(20)19(12(15)16)10-4-5-11-6-8-17-9-7-11/h6-9H,4-5,10H2,1-3H3,(H3,15,16)(H,18,20). The summed E-state index contributed by atoms with van der Waals surface area (Å²) in [6.07, 6.45) is 5.03. The highest BCUT2D eigenvalue weighted by atomic mass is 16.2. The Morgan fingerprint density at radius 1 is 1.40 bits per heavy atom. The summed E-state index contributed by atoms with van der Waals surface area (Å²) in [5.41, 5.74) is 6.28. The lowest BCUT2D eigenvalue weighted by Crippen LogP contribution is -2.52. The highest BCUT2D eigenvalue weighted by Gasteiger charge is 2.21. The van der Waals surface area contributed by atoms with Gasteiger partial charge in [-0.25, -0.2) is 4.79 Å². The van der Waals surface area contributed by atoms with Gasteiger partial charge >= 0.3 is 6.03 Å². The second-order valence-electron chi connectivity index (χ2n) is 5.68. The van der Waals surface area contributed by atoms with Crippen LogP contribution in [0.25, 0.3) is 0 Å². The number of carbonyl (C=O) groups excluding carboxylic acids is 1. The molecule has 0 unspecified atom stereocenters. The molecule has 0 atom stereocenters. The molecule has 2 amide bonds. The summed E-state index contributed by atoms with van der Waals surface area (Å²) in [5.74, 6) is -0.235. The predicted octanol–water partition coefficient (Wildman–Crippen LogP) is 1.72. The fraction of sp³-hybridized carbons (Fsp3) is 0.500. The van der Waals surface area contributed by atoms with Crippen LogP contribution >= 0.6 is 0 Å². The number of amides is 2. The second kappa shape index (κ2) is 6.88. The van der Waals surface area contributed by atoms with Crippen LogP contribution in [0.1, 0.15) is 32.8 Å². The van der Waals surface area contributed by atoms with Gasteiger partial charge in [-0.15, -0.1) is 0 Å². The minimum atomic E-state index is -0.351. The Labute approximate surface area is 119 Å². The topological polar surface area (TPSA) is 95.1 Å². The third kappa shape index (κ3) is 5.69. The molecule has 0 bridgehead atoms. The Morgan fingerprint density at radius 3 is 2.50 bits per heavy atom. The molecule has 1 aromatic rings. The van der Waals surface area contributed by atoms with Crippen molar-refractivity contribution in [3.63, 3.8) is 0 Å². The van der Waals surface area contributed by atoms with Gasteiger partial charge in [0.15, 0.2) is 5.96 Å². The van der Waals surface area contributed by atoms with Crippen molar-refractivity contribution in [2.45, 2.75) is 39.2 Å². The number of carbonyl (C=O) groups is 1. The Hall–Kier alpha value is -2.11. The molecule has 20 heavy (non-hydrogen) atoms. The Bertz CT molecular complexity index is 452. The smallest absolute Gasteiger partial charge is 0.324 e. The van der Waals surface area contributed by atoms with E-state index in [9.17, 15) is 4.79 Å². The quantitative estimate of drug-likeness (QED) is 0.577. The van der Waals surface area contributed by atoms with Crippen molar-refractivity contribution < 1.29 is 4.79 Å². The van der Waals surface area contributed by atoms with Crippen LogP contribution in [-0.2, 0) is 6.42 Å². The van der Waals surface area contributed by atoms with Crippen molar-refractivity contribution in [2.75, 3.05) is 6.54 Å². The largest absolute Gasteiger partial charge is 0.370 e. The van der Waals surface area contributed by atoms with Crippen molar-refractivity contribution in [3.05, 3.63) is 30.1 Å². The fourth-order valence-corrected chi connectivity index (χ4v) is 1.71. The molecule has 0 radical (unpaired) electrons. The van der Waals surface area contributed by atoms with Crippen molar-refractivity contribution in [1.82, 2.24) is 15.2 Å². The van der Waals surface area contributed by atoms with Crippen LogP contribution < -0.4 is 11.1 Å². The number of rotatable bonds is 4. The molecule has 6 nitrogen and oxygen atoms in total. The summed E-state index contributed by atoms with van der Waals surface area (Å²) in [5, 5.41) is 10.3. The summed E-state index contributed by atoms with van der Waals surface area (Å²) >= 11 is 0. The lowest BCUT2D eigenvalue weighted by Gasteiger charge is -2.27. The van der Waals surface area contributed by atoms with Crippen molar-refractivity contribution in [1.29, 1.82) is 5.41 Å². The Balaban J connectivity index is 2.51. The fourth-order valence-electron chi connectivity index (χ4n) is 1.71. The lowest BCUT2D eigenvalue weighted by atomic mass is 10.1. The van der Waals surface area contributed by atoms with E-state index in [0.29, 0.717) is 6.54 Å². The molecule has 0 aliphatic heterocycles. The first kappa shape index (κ1) is 15.9. The van der Waals surface area contributed by atoms with Gasteiger partial charge in [-0.2, -0.15) is 0 Å². The lowest BCUT2D eigenvalue weighted by molar-refractivity contribution is 0.210. The Kier molecular flexibility index (Phi) is 5.49. The first-order chi connectivity index (χ1) is 9.29. The number of nitrogens with zero attached hydrogens (tertiary/aromatic N) is 2. The van der Waals surface area contributed by atoms with Crippen LogP contribution in [0.2, 0.25) is 0 Å². The summed E-state index contributed by atoms with van der Waals surface area (Å²) in [6, 6.07) is 3.54. The zero-order valence-corrected chi connectivity index (χ0v) is 12.3. The van der Waals surface area contributed by atoms with Crippen molar-refractivity contribution >= 4 is 12.0 Å². The number of urea groups is 1. The molecule has 110 valence electrons. The summed E-state index contributed by atoms with van der Waals surface area (Å²) in [7, 11) is 0. The van der Waals surface area contributed by atoms with Gasteiger partial charge in [-0.05, 0) is 51.3 Å². The minimum absolute atomic E-state index is 0.235. The summed E-state index contributed by atoms with van der Waals surface area (Å²) < 4.78 is 0. The van der Waals surface area contributed by atoms with Crippen LogP contribution in [0.5, 0.6) is 0 Å². The average Bonchev–Trinajstić information content (AvgIpc) is 2.33. The number of aryl methyl sites for hydroxylation is 1. The van der Waals surface area contributed by atoms with E-state index < -0.39 is 0 Å². The third-order valence-corrected chi connectivity index (χ3v) is 2.61. The SMILES string of the molecule is CC(C)(C)NC(=O)N(CCCc1ccncc1)C(=N)N. The maximum Gasteiger partial charge on any atom is 0.324 e. The molecule has 0 fully saturated rings. The maximum atomic E-state index is 12.0. The van der Waals surface area contributed by atoms with E-state index in [2.05, 4.69) is 10.3 Å². The van der Waals surface area contributed by atoms with Crippen molar-refractivity contribution in [3.8, 4) is 0 Å². The Morgan fingerprint density at radius 2 is 2.00 bits per heavy atom. The number of nitrogens with two attached hydrogens (primary N) is 1. The molecule has 1 aromatic heterocycles.